The number of fused-ring (bicyclic) bond motifs is 1. The molecule has 98 valence electrons. The second-order valence-corrected chi connectivity index (χ2v) is 4.85. The molecule has 1 fully saturated rings. The Labute approximate surface area is 109 Å². The number of imide groups is 1. The van der Waals surface area contributed by atoms with E-state index in [0.29, 0.717) is 18.7 Å². The summed E-state index contributed by atoms with van der Waals surface area (Å²) in [5.74, 6) is -0.900. The van der Waals surface area contributed by atoms with Gasteiger partial charge in [-0.3, -0.25) is 24.7 Å². The topological polar surface area (TPSA) is 79.4 Å². The molecule has 19 heavy (non-hydrogen) atoms. The van der Waals surface area contributed by atoms with Gasteiger partial charge >= 0.3 is 0 Å². The second-order valence-electron chi connectivity index (χ2n) is 4.85. The Hall–Kier alpha value is -2.24. The van der Waals surface area contributed by atoms with Crippen LogP contribution in [0.2, 0.25) is 0 Å². The second kappa shape index (κ2) is 4.15. The van der Waals surface area contributed by atoms with Gasteiger partial charge in [0.2, 0.25) is 11.8 Å². The van der Waals surface area contributed by atoms with E-state index in [9.17, 15) is 14.4 Å². The zero-order chi connectivity index (χ0) is 13.6. The smallest absolute Gasteiger partial charge is 0.273 e. The molecule has 0 spiro atoms. The average Bonchev–Trinajstić information content (AvgIpc) is 2.69. The number of pyridine rings is 1. The summed E-state index contributed by atoms with van der Waals surface area (Å²) in [4.78, 5) is 40.8. The molecular formula is C13H13N3O3. The van der Waals surface area contributed by atoms with E-state index in [4.69, 9.17) is 0 Å². The maximum Gasteiger partial charge on any atom is 0.273 e. The molecule has 0 saturated carbocycles. The van der Waals surface area contributed by atoms with E-state index < -0.39 is 11.9 Å². The van der Waals surface area contributed by atoms with Crippen LogP contribution in [0.5, 0.6) is 0 Å². The fourth-order valence-corrected chi connectivity index (χ4v) is 2.58. The van der Waals surface area contributed by atoms with Crippen molar-refractivity contribution in [2.75, 3.05) is 0 Å². The van der Waals surface area contributed by atoms with Gasteiger partial charge in [0.15, 0.2) is 0 Å². The summed E-state index contributed by atoms with van der Waals surface area (Å²) in [6.45, 7) is 2.31. The third-order valence-corrected chi connectivity index (χ3v) is 3.67. The van der Waals surface area contributed by atoms with Crippen LogP contribution >= 0.6 is 0 Å². The van der Waals surface area contributed by atoms with Gasteiger partial charge < -0.3 is 4.90 Å². The normalized spacial score (nSPS) is 22.5. The van der Waals surface area contributed by atoms with E-state index in [-0.39, 0.29) is 18.2 Å². The van der Waals surface area contributed by atoms with E-state index in [1.807, 2.05) is 13.0 Å². The molecule has 0 bridgehead atoms. The van der Waals surface area contributed by atoms with Gasteiger partial charge in [0.25, 0.3) is 5.91 Å². The van der Waals surface area contributed by atoms with Crippen molar-refractivity contribution in [1.29, 1.82) is 0 Å². The number of hydrogen-bond donors (Lipinski definition) is 1. The summed E-state index contributed by atoms with van der Waals surface area (Å²) in [6, 6.07) is 1.28. The van der Waals surface area contributed by atoms with Crippen LogP contribution in [0.25, 0.3) is 0 Å². The van der Waals surface area contributed by atoms with Crippen LogP contribution < -0.4 is 5.32 Å². The molecule has 6 nitrogen and oxygen atoms in total. The number of aryl methyl sites for hydroxylation is 1. The predicted octanol–water partition coefficient (Wildman–Crippen LogP) is 0.151. The van der Waals surface area contributed by atoms with Crippen LogP contribution in [0.15, 0.2) is 12.3 Å². The van der Waals surface area contributed by atoms with Gasteiger partial charge in [0.1, 0.15) is 11.7 Å². The van der Waals surface area contributed by atoms with Crippen molar-refractivity contribution in [3.05, 3.63) is 29.1 Å². The van der Waals surface area contributed by atoms with Crippen LogP contribution in [0, 0.1) is 6.92 Å². The minimum atomic E-state index is -0.571. The van der Waals surface area contributed by atoms with Crippen molar-refractivity contribution in [2.24, 2.45) is 0 Å². The molecular weight excluding hydrogens is 246 g/mol. The Morgan fingerprint density at radius 2 is 2.16 bits per heavy atom. The third-order valence-electron chi connectivity index (χ3n) is 3.67. The number of rotatable bonds is 1. The molecule has 3 rings (SSSR count). The molecule has 3 heterocycles. The van der Waals surface area contributed by atoms with Gasteiger partial charge in [-0.2, -0.15) is 0 Å². The standard InChI is InChI=1S/C13H13N3O3/c1-7-4-5-14-11-8(7)6-16(13(11)19)9-2-3-10(17)15-12(9)18/h4-5,9H,2-3,6H2,1H3,(H,15,17,18). The maximum atomic E-state index is 12.3. The zero-order valence-corrected chi connectivity index (χ0v) is 10.5. The first kappa shape index (κ1) is 11.8. The van der Waals surface area contributed by atoms with Gasteiger partial charge in [-0.25, -0.2) is 0 Å². The highest BCUT2D eigenvalue weighted by molar-refractivity contribution is 6.04. The molecule has 2 aliphatic rings. The molecule has 2 aliphatic heterocycles. The van der Waals surface area contributed by atoms with Crippen LogP contribution in [0.3, 0.4) is 0 Å². The lowest BCUT2D eigenvalue weighted by Crippen LogP contribution is -2.52. The van der Waals surface area contributed by atoms with E-state index >= 15 is 0 Å². The summed E-state index contributed by atoms with van der Waals surface area (Å²) in [7, 11) is 0. The number of piperidine rings is 1. The molecule has 1 atom stereocenters. The SMILES string of the molecule is Cc1ccnc2c1CN(C1CCC(=O)NC1=O)C2=O. The van der Waals surface area contributed by atoms with Gasteiger partial charge in [0, 0.05) is 24.7 Å². The summed E-state index contributed by atoms with van der Waals surface area (Å²) < 4.78 is 0. The summed E-state index contributed by atoms with van der Waals surface area (Å²) >= 11 is 0. The quantitative estimate of drug-likeness (QED) is 0.728. The Kier molecular flexibility index (Phi) is 2.58. The minimum absolute atomic E-state index is 0.229. The Bertz CT molecular complexity index is 597. The fourth-order valence-electron chi connectivity index (χ4n) is 2.58. The Morgan fingerprint density at radius 3 is 2.84 bits per heavy atom. The van der Waals surface area contributed by atoms with Gasteiger partial charge in [-0.1, -0.05) is 0 Å². The lowest BCUT2D eigenvalue weighted by molar-refractivity contribution is -0.136. The highest BCUT2D eigenvalue weighted by atomic mass is 16.2. The molecule has 1 aromatic heterocycles. The number of carbonyl (C=O) groups is 3. The van der Waals surface area contributed by atoms with E-state index in [1.54, 1.807) is 6.20 Å². The Balaban J connectivity index is 1.90. The van der Waals surface area contributed by atoms with Crippen LogP contribution in [0.1, 0.15) is 34.5 Å². The maximum absolute atomic E-state index is 12.3. The third kappa shape index (κ3) is 1.80. The van der Waals surface area contributed by atoms with Gasteiger partial charge in [0.05, 0.1) is 0 Å². The zero-order valence-electron chi connectivity index (χ0n) is 10.5. The molecule has 1 aromatic rings. The highest BCUT2D eigenvalue weighted by Gasteiger charge is 2.40. The van der Waals surface area contributed by atoms with Crippen LogP contribution in [0.4, 0.5) is 0 Å². The van der Waals surface area contributed by atoms with E-state index in [1.165, 1.54) is 4.90 Å². The molecule has 3 amide bonds. The average molecular weight is 259 g/mol. The number of amides is 3. The predicted molar refractivity (Wildman–Crippen MR) is 65.0 cm³/mol. The lowest BCUT2D eigenvalue weighted by Gasteiger charge is -2.29. The minimum Gasteiger partial charge on any atom is -0.321 e. The molecule has 1 unspecified atom stereocenters. The van der Waals surface area contributed by atoms with Crippen molar-refractivity contribution in [1.82, 2.24) is 15.2 Å². The highest BCUT2D eigenvalue weighted by Crippen LogP contribution is 2.27. The summed E-state index contributed by atoms with van der Waals surface area (Å²) in [5, 5.41) is 2.28. The van der Waals surface area contributed by atoms with Crippen molar-refractivity contribution in [3.63, 3.8) is 0 Å². The fraction of sp³-hybridized carbons (Fsp3) is 0.385. The molecule has 0 aliphatic carbocycles. The summed E-state index contributed by atoms with van der Waals surface area (Å²) in [6.07, 6.45) is 2.24. The first-order valence-corrected chi connectivity index (χ1v) is 6.17. The monoisotopic (exact) mass is 259 g/mol. The molecule has 0 aromatic carbocycles. The first-order valence-electron chi connectivity index (χ1n) is 6.17. The van der Waals surface area contributed by atoms with Crippen molar-refractivity contribution < 1.29 is 14.4 Å². The molecule has 1 N–H and O–H groups in total. The van der Waals surface area contributed by atoms with Crippen molar-refractivity contribution in [3.8, 4) is 0 Å². The van der Waals surface area contributed by atoms with Crippen LogP contribution in [-0.2, 0) is 16.1 Å². The number of nitrogens with zero attached hydrogens (tertiary/aromatic N) is 2. The summed E-state index contributed by atoms with van der Waals surface area (Å²) in [5.41, 5.74) is 2.29. The molecule has 0 radical (unpaired) electrons. The largest absolute Gasteiger partial charge is 0.321 e. The van der Waals surface area contributed by atoms with E-state index in [2.05, 4.69) is 10.3 Å². The van der Waals surface area contributed by atoms with Crippen molar-refractivity contribution >= 4 is 17.7 Å². The number of nitrogens with one attached hydrogen (secondary N) is 1. The van der Waals surface area contributed by atoms with Crippen molar-refractivity contribution in [2.45, 2.75) is 32.4 Å². The number of carbonyl (C=O) groups excluding carboxylic acids is 3. The lowest BCUT2D eigenvalue weighted by atomic mass is 10.0. The van der Waals surface area contributed by atoms with E-state index in [0.717, 1.165) is 11.1 Å². The number of hydrogen-bond acceptors (Lipinski definition) is 4. The molecule has 1 saturated heterocycles. The number of aromatic nitrogens is 1. The first-order chi connectivity index (χ1) is 9.08. The van der Waals surface area contributed by atoms with Gasteiger partial charge in [-0.05, 0) is 25.0 Å². The molecule has 6 heteroatoms. The Morgan fingerprint density at radius 1 is 1.37 bits per heavy atom. The van der Waals surface area contributed by atoms with Gasteiger partial charge in [-0.15, -0.1) is 0 Å². The van der Waals surface area contributed by atoms with Crippen LogP contribution in [-0.4, -0.2) is 33.6 Å².